The lowest BCUT2D eigenvalue weighted by Gasteiger charge is -2.18. The van der Waals surface area contributed by atoms with Crippen LogP contribution in [0.5, 0.6) is 0 Å². The van der Waals surface area contributed by atoms with Gasteiger partial charge in [-0.2, -0.15) is 13.2 Å². The van der Waals surface area contributed by atoms with Crippen molar-refractivity contribution in [3.8, 4) is 11.5 Å². The summed E-state index contributed by atoms with van der Waals surface area (Å²) in [6, 6.07) is 7.90. The summed E-state index contributed by atoms with van der Waals surface area (Å²) >= 11 is 0. The second-order valence-electron chi connectivity index (χ2n) is 6.57. The molecule has 2 rings (SSSR count). The first-order chi connectivity index (χ1) is 13.3. The highest BCUT2D eigenvalue weighted by molar-refractivity contribution is 5.79. The van der Waals surface area contributed by atoms with Crippen molar-refractivity contribution < 1.29 is 17.6 Å². The number of halogens is 3. The molecule has 1 aromatic carbocycles. The zero-order valence-corrected chi connectivity index (χ0v) is 16.3. The van der Waals surface area contributed by atoms with Gasteiger partial charge in [0.15, 0.2) is 5.96 Å². The van der Waals surface area contributed by atoms with Gasteiger partial charge in [0.2, 0.25) is 5.89 Å². The second kappa shape index (κ2) is 10.1. The van der Waals surface area contributed by atoms with Crippen LogP contribution in [0, 0.1) is 6.92 Å². The van der Waals surface area contributed by atoms with Gasteiger partial charge in [-0.1, -0.05) is 17.7 Å². The molecule has 2 aromatic rings. The van der Waals surface area contributed by atoms with Gasteiger partial charge in [-0.05, 0) is 39.1 Å². The van der Waals surface area contributed by atoms with Gasteiger partial charge in [-0.25, -0.2) is 4.98 Å². The number of nitrogens with zero attached hydrogens (tertiary/aromatic N) is 3. The van der Waals surface area contributed by atoms with Crippen LogP contribution in [0.4, 0.5) is 13.2 Å². The van der Waals surface area contributed by atoms with Gasteiger partial charge in [-0.3, -0.25) is 9.89 Å². The Kier molecular flexibility index (Phi) is 7.86. The molecular weight excluding hydrogens is 371 g/mol. The van der Waals surface area contributed by atoms with E-state index in [0.717, 1.165) is 16.8 Å². The highest BCUT2D eigenvalue weighted by Gasteiger charge is 2.28. The number of rotatable bonds is 8. The summed E-state index contributed by atoms with van der Waals surface area (Å²) in [7, 11) is 3.09. The Morgan fingerprint density at radius 3 is 2.57 bits per heavy atom. The standard InChI is InChI=1S/C19H26F3N5O/c1-14-5-7-15(8-6-14)17-26-16(12-28-17)11-25-18(23-2)24-9-4-10-27(3)13-19(20,21)22/h5-8,12H,4,9-11,13H2,1-3H3,(H2,23,24,25). The summed E-state index contributed by atoms with van der Waals surface area (Å²) in [5.41, 5.74) is 2.79. The summed E-state index contributed by atoms with van der Waals surface area (Å²) in [5.74, 6) is 1.10. The Morgan fingerprint density at radius 1 is 1.21 bits per heavy atom. The minimum absolute atomic E-state index is 0.340. The lowest BCUT2D eigenvalue weighted by molar-refractivity contribution is -0.143. The van der Waals surface area contributed by atoms with Crippen LogP contribution in [0.1, 0.15) is 17.7 Å². The SMILES string of the molecule is CN=C(NCCCN(C)CC(F)(F)F)NCc1coc(-c2ccc(C)cc2)n1. The molecule has 28 heavy (non-hydrogen) atoms. The topological polar surface area (TPSA) is 65.7 Å². The van der Waals surface area contributed by atoms with Crippen molar-refractivity contribution in [3.05, 3.63) is 41.8 Å². The number of aryl methyl sites for hydroxylation is 1. The maximum Gasteiger partial charge on any atom is 0.401 e. The maximum atomic E-state index is 12.3. The lowest BCUT2D eigenvalue weighted by Crippen LogP contribution is -2.39. The normalized spacial score (nSPS) is 12.5. The van der Waals surface area contributed by atoms with E-state index in [2.05, 4.69) is 20.6 Å². The molecule has 0 aliphatic rings. The first-order valence-corrected chi connectivity index (χ1v) is 8.98. The van der Waals surface area contributed by atoms with E-state index in [-0.39, 0.29) is 0 Å². The molecule has 0 aliphatic heterocycles. The first-order valence-electron chi connectivity index (χ1n) is 8.98. The molecule has 0 spiro atoms. The summed E-state index contributed by atoms with van der Waals surface area (Å²) in [4.78, 5) is 9.79. The van der Waals surface area contributed by atoms with Crippen LogP contribution in [0.3, 0.4) is 0 Å². The van der Waals surface area contributed by atoms with Crippen LogP contribution in [0.15, 0.2) is 39.9 Å². The van der Waals surface area contributed by atoms with E-state index >= 15 is 0 Å². The van der Waals surface area contributed by atoms with Crippen LogP contribution < -0.4 is 10.6 Å². The van der Waals surface area contributed by atoms with Gasteiger partial charge < -0.3 is 15.1 Å². The monoisotopic (exact) mass is 397 g/mol. The summed E-state index contributed by atoms with van der Waals surface area (Å²) in [5, 5.41) is 6.18. The lowest BCUT2D eigenvalue weighted by atomic mass is 10.1. The first kappa shape index (κ1) is 21.7. The Morgan fingerprint density at radius 2 is 1.93 bits per heavy atom. The number of hydrogen-bond donors (Lipinski definition) is 2. The van der Waals surface area contributed by atoms with Crippen LogP contribution in [-0.4, -0.2) is 55.7 Å². The van der Waals surface area contributed by atoms with Gasteiger partial charge in [0.1, 0.15) is 6.26 Å². The van der Waals surface area contributed by atoms with E-state index in [9.17, 15) is 13.2 Å². The van der Waals surface area contributed by atoms with E-state index in [4.69, 9.17) is 4.42 Å². The number of aromatic nitrogens is 1. The number of nitrogens with one attached hydrogen (secondary N) is 2. The van der Waals surface area contributed by atoms with E-state index in [1.165, 1.54) is 11.9 Å². The molecule has 6 nitrogen and oxygen atoms in total. The molecule has 0 saturated heterocycles. The van der Waals surface area contributed by atoms with E-state index < -0.39 is 12.7 Å². The van der Waals surface area contributed by atoms with Gasteiger partial charge in [0.05, 0.1) is 18.8 Å². The van der Waals surface area contributed by atoms with Gasteiger partial charge in [-0.15, -0.1) is 0 Å². The van der Waals surface area contributed by atoms with Crippen LogP contribution >= 0.6 is 0 Å². The molecule has 0 radical (unpaired) electrons. The summed E-state index contributed by atoms with van der Waals surface area (Å²) in [6.45, 7) is 2.38. The fourth-order valence-electron chi connectivity index (χ4n) is 2.55. The van der Waals surface area contributed by atoms with Crippen molar-refractivity contribution in [2.45, 2.75) is 26.1 Å². The number of alkyl halides is 3. The van der Waals surface area contributed by atoms with Crippen molar-refractivity contribution in [3.63, 3.8) is 0 Å². The van der Waals surface area contributed by atoms with Crippen molar-refractivity contribution in [1.29, 1.82) is 0 Å². The van der Waals surface area contributed by atoms with Crippen molar-refractivity contribution in [2.75, 3.05) is 33.7 Å². The molecule has 0 fully saturated rings. The predicted octanol–water partition coefficient (Wildman–Crippen LogP) is 3.20. The zero-order valence-electron chi connectivity index (χ0n) is 16.3. The quantitative estimate of drug-likeness (QED) is 0.407. The number of hydrogen-bond acceptors (Lipinski definition) is 4. The van der Waals surface area contributed by atoms with Crippen molar-refractivity contribution in [2.24, 2.45) is 4.99 Å². The Hall–Kier alpha value is -2.55. The van der Waals surface area contributed by atoms with Crippen molar-refractivity contribution >= 4 is 5.96 Å². The maximum absolute atomic E-state index is 12.3. The summed E-state index contributed by atoms with van der Waals surface area (Å²) in [6.07, 6.45) is -2.02. The molecule has 0 atom stereocenters. The van der Waals surface area contributed by atoms with E-state index in [1.54, 1.807) is 13.3 Å². The molecule has 2 N–H and O–H groups in total. The Bertz CT molecular complexity index is 756. The number of guanidine groups is 1. The molecule has 0 aliphatic carbocycles. The predicted molar refractivity (Wildman–Crippen MR) is 103 cm³/mol. The second-order valence-corrected chi connectivity index (χ2v) is 6.57. The fraction of sp³-hybridized carbons (Fsp3) is 0.474. The molecule has 0 saturated carbocycles. The highest BCUT2D eigenvalue weighted by Crippen LogP contribution is 2.19. The van der Waals surface area contributed by atoms with Crippen LogP contribution in [-0.2, 0) is 6.54 Å². The van der Waals surface area contributed by atoms with Gasteiger partial charge in [0, 0.05) is 19.2 Å². The fourth-order valence-corrected chi connectivity index (χ4v) is 2.55. The zero-order chi connectivity index (χ0) is 20.6. The van der Waals surface area contributed by atoms with Crippen LogP contribution in [0.2, 0.25) is 0 Å². The molecular formula is C19H26F3N5O. The molecule has 0 unspecified atom stereocenters. The number of aliphatic imine (C=N–C) groups is 1. The van der Waals surface area contributed by atoms with E-state index in [0.29, 0.717) is 37.9 Å². The minimum atomic E-state index is -4.17. The average molecular weight is 397 g/mol. The average Bonchev–Trinajstić information content (AvgIpc) is 3.09. The molecule has 9 heteroatoms. The Balaban J connectivity index is 1.73. The molecule has 1 heterocycles. The third kappa shape index (κ3) is 7.59. The minimum Gasteiger partial charge on any atom is -0.444 e. The number of benzene rings is 1. The van der Waals surface area contributed by atoms with Crippen LogP contribution in [0.25, 0.3) is 11.5 Å². The third-order valence-corrected chi connectivity index (χ3v) is 3.97. The molecule has 1 aromatic heterocycles. The molecule has 154 valence electrons. The number of oxazole rings is 1. The molecule has 0 amide bonds. The third-order valence-electron chi connectivity index (χ3n) is 3.97. The van der Waals surface area contributed by atoms with Gasteiger partial charge in [0.25, 0.3) is 0 Å². The molecule has 0 bridgehead atoms. The summed E-state index contributed by atoms with van der Waals surface area (Å²) < 4.78 is 42.4. The van der Waals surface area contributed by atoms with Crippen molar-refractivity contribution in [1.82, 2.24) is 20.5 Å². The largest absolute Gasteiger partial charge is 0.444 e. The van der Waals surface area contributed by atoms with Gasteiger partial charge >= 0.3 is 6.18 Å². The smallest absolute Gasteiger partial charge is 0.401 e. The Labute approximate surface area is 162 Å². The van der Waals surface area contributed by atoms with E-state index in [1.807, 2.05) is 31.2 Å². The highest BCUT2D eigenvalue weighted by atomic mass is 19.4.